The zero-order valence-electron chi connectivity index (χ0n) is 33.4. The van der Waals surface area contributed by atoms with Crippen LogP contribution in [0.3, 0.4) is 0 Å². The summed E-state index contributed by atoms with van der Waals surface area (Å²) in [4.78, 5) is 33.3. The molecule has 0 aliphatic heterocycles. The maximum atomic E-state index is 11.7. The average Bonchev–Trinajstić information content (AvgIpc) is 3.92. The predicted molar refractivity (Wildman–Crippen MR) is 253 cm³/mol. The molecule has 314 valence electrons. The third-order valence-corrected chi connectivity index (χ3v) is 11.5. The van der Waals surface area contributed by atoms with Crippen molar-refractivity contribution in [2.75, 3.05) is 37.9 Å². The number of thiol groups is 2. The Labute approximate surface area is 378 Å². The van der Waals surface area contributed by atoms with Crippen molar-refractivity contribution in [1.29, 1.82) is 0 Å². The average molecular weight is 893 g/mol. The van der Waals surface area contributed by atoms with Crippen molar-refractivity contribution >= 4 is 65.3 Å². The number of hydrogen-bond donors (Lipinski definition) is 3. The van der Waals surface area contributed by atoms with Gasteiger partial charge in [0.05, 0.1) is 0 Å². The number of carbonyl (C=O) groups excluding carboxylic acids is 3. The van der Waals surface area contributed by atoms with E-state index < -0.39 is 10.9 Å². The van der Waals surface area contributed by atoms with Crippen LogP contribution in [0.2, 0.25) is 0 Å². The van der Waals surface area contributed by atoms with Crippen molar-refractivity contribution in [1.82, 2.24) is 0 Å². The highest BCUT2D eigenvalue weighted by molar-refractivity contribution is 7.80. The lowest BCUT2D eigenvalue weighted by atomic mass is 9.98. The number of carbonyl (C=O) groups is 3. The molecule has 0 fully saturated rings. The highest BCUT2D eigenvalue weighted by Gasteiger charge is 2.31. The van der Waals surface area contributed by atoms with E-state index in [0.717, 1.165) is 12.2 Å². The van der Waals surface area contributed by atoms with E-state index in [1.54, 1.807) is 0 Å². The first kappa shape index (κ1) is 45.5. The molecular weight excluding hydrogens is 846 g/mol. The summed E-state index contributed by atoms with van der Waals surface area (Å²) >= 11 is 18.4. The molecule has 0 aromatic heterocycles. The highest BCUT2D eigenvalue weighted by Crippen LogP contribution is 2.46. The molecule has 2 N–H and O–H groups in total. The number of halogens is 2. The summed E-state index contributed by atoms with van der Waals surface area (Å²) in [5.41, 5.74) is 18.1. The molecule has 61 heavy (non-hydrogen) atoms. The summed E-state index contributed by atoms with van der Waals surface area (Å²) in [6, 6.07) is 49.5. The van der Waals surface area contributed by atoms with Gasteiger partial charge in [-0.15, -0.1) is 0 Å². The molecule has 0 bridgehead atoms. The molecule has 0 saturated heterocycles. The summed E-state index contributed by atoms with van der Waals surface area (Å²) < 4.78 is 15.4. The van der Waals surface area contributed by atoms with E-state index in [9.17, 15) is 14.4 Å². The Bertz CT molecular complexity index is 2200. The quantitative estimate of drug-likeness (QED) is 0.0544. The number of ether oxygens (including phenoxy) is 3. The second-order valence-corrected chi connectivity index (χ2v) is 15.8. The van der Waals surface area contributed by atoms with Gasteiger partial charge in [-0.05, 0) is 78.9 Å². The van der Waals surface area contributed by atoms with Gasteiger partial charge < -0.3 is 19.9 Å². The van der Waals surface area contributed by atoms with Crippen LogP contribution < -0.4 is 5.73 Å². The summed E-state index contributed by atoms with van der Waals surface area (Å²) in [6.07, 6.45) is 1.21. The van der Waals surface area contributed by atoms with Crippen LogP contribution in [0, 0.1) is 0 Å². The van der Waals surface area contributed by atoms with Crippen LogP contribution in [0.5, 0.6) is 0 Å². The van der Waals surface area contributed by atoms with Gasteiger partial charge in [0.15, 0.2) is 0 Å². The van der Waals surface area contributed by atoms with Crippen LogP contribution in [0.4, 0.5) is 9.59 Å². The van der Waals surface area contributed by atoms with Crippen molar-refractivity contribution in [3.8, 4) is 33.4 Å². The van der Waals surface area contributed by atoms with Gasteiger partial charge in [-0.25, -0.2) is 9.59 Å². The van der Waals surface area contributed by atoms with Crippen LogP contribution in [0.25, 0.3) is 33.4 Å². The Morgan fingerprint density at radius 3 is 0.918 bits per heavy atom. The Balaban J connectivity index is 0.000000147. The molecule has 7 nitrogen and oxygen atoms in total. The molecule has 0 radical (unpaired) electrons. The van der Waals surface area contributed by atoms with Crippen molar-refractivity contribution in [2.24, 2.45) is 5.73 Å². The maximum Gasteiger partial charge on any atom is 0.403 e. The van der Waals surface area contributed by atoms with E-state index in [0.29, 0.717) is 25.3 Å². The van der Waals surface area contributed by atoms with Gasteiger partial charge >= 0.3 is 16.8 Å². The summed E-state index contributed by atoms with van der Waals surface area (Å²) in [7, 11) is 0. The number of hydrogen-bond acceptors (Lipinski definition) is 9. The zero-order chi connectivity index (χ0) is 43.1. The maximum absolute atomic E-state index is 11.7. The first-order valence-corrected chi connectivity index (χ1v) is 22.1. The minimum Gasteiger partial charge on any atom is -0.465 e. The van der Waals surface area contributed by atoms with Gasteiger partial charge in [-0.3, -0.25) is 4.79 Å². The first-order valence-electron chi connectivity index (χ1n) is 20.0. The minimum atomic E-state index is -0.753. The van der Waals surface area contributed by atoms with Crippen molar-refractivity contribution in [3.05, 3.63) is 179 Å². The van der Waals surface area contributed by atoms with Gasteiger partial charge in [-0.1, -0.05) is 146 Å². The number of benzene rings is 6. The molecule has 0 amide bonds. The summed E-state index contributed by atoms with van der Waals surface area (Å²) in [5, 5.41) is 0. The highest BCUT2D eigenvalue weighted by atomic mass is 35.5. The fourth-order valence-electron chi connectivity index (χ4n) is 8.09. The smallest absolute Gasteiger partial charge is 0.403 e. The molecule has 3 aliphatic carbocycles. The van der Waals surface area contributed by atoms with Crippen LogP contribution >= 0.6 is 48.5 Å². The molecule has 0 heterocycles. The molecule has 9 rings (SSSR count). The Hall–Kier alpha value is -5.03. The van der Waals surface area contributed by atoms with E-state index in [1.807, 2.05) is 60.7 Å². The van der Waals surface area contributed by atoms with Crippen molar-refractivity contribution < 1.29 is 28.6 Å². The first-order chi connectivity index (χ1) is 29.8. The van der Waals surface area contributed by atoms with E-state index in [4.69, 9.17) is 43.1 Å². The predicted octanol–water partition coefficient (Wildman–Crippen LogP) is 12.3. The van der Waals surface area contributed by atoms with E-state index in [2.05, 4.69) is 110 Å². The summed E-state index contributed by atoms with van der Waals surface area (Å²) in [5.74, 6) is 1.69. The van der Waals surface area contributed by atoms with Crippen LogP contribution in [0.15, 0.2) is 146 Å². The normalized spacial score (nSPS) is 12.5. The SMILES string of the molecule is NCCS.O=C(CCCS)OCC1c2ccccc2-c2ccccc21.O=C(Cl)OCC1c2ccccc2-c2ccccc21.O=C(Cl)OCC1c2ccccc2-c2ccccc21. The lowest BCUT2D eigenvalue weighted by Crippen LogP contribution is -2.12. The van der Waals surface area contributed by atoms with Gasteiger partial charge in [0.2, 0.25) is 0 Å². The van der Waals surface area contributed by atoms with Crippen LogP contribution in [-0.4, -0.2) is 54.7 Å². The molecule has 11 heteroatoms. The third-order valence-electron chi connectivity index (χ3n) is 10.7. The number of nitrogens with two attached hydrogens (primary N) is 1. The molecular formula is C50H47Cl2NO6S2. The van der Waals surface area contributed by atoms with Gasteiger partial charge in [-0.2, -0.15) is 25.3 Å². The lowest BCUT2D eigenvalue weighted by molar-refractivity contribution is -0.143. The molecule has 3 aliphatic rings. The fourth-order valence-corrected chi connectivity index (χ4v) is 8.37. The molecule has 0 unspecified atom stereocenters. The van der Waals surface area contributed by atoms with Crippen molar-refractivity contribution in [2.45, 2.75) is 30.6 Å². The summed E-state index contributed by atoms with van der Waals surface area (Å²) in [6.45, 7) is 1.68. The third kappa shape index (κ3) is 11.3. The van der Waals surface area contributed by atoms with E-state index in [-0.39, 0.29) is 36.9 Å². The number of esters is 1. The topological polar surface area (TPSA) is 105 Å². The number of fused-ring (bicyclic) bond motifs is 9. The largest absolute Gasteiger partial charge is 0.465 e. The van der Waals surface area contributed by atoms with Gasteiger partial charge in [0, 0.05) is 59.7 Å². The van der Waals surface area contributed by atoms with E-state index >= 15 is 0 Å². The molecule has 6 aromatic carbocycles. The van der Waals surface area contributed by atoms with Gasteiger partial charge in [0.25, 0.3) is 0 Å². The van der Waals surface area contributed by atoms with Crippen LogP contribution in [0.1, 0.15) is 64.0 Å². The Morgan fingerprint density at radius 2 is 0.689 bits per heavy atom. The van der Waals surface area contributed by atoms with E-state index in [1.165, 1.54) is 66.8 Å². The molecule has 6 aromatic rings. The second kappa shape index (κ2) is 22.7. The molecule has 0 spiro atoms. The monoisotopic (exact) mass is 891 g/mol. The Kier molecular flexibility index (Phi) is 16.9. The number of rotatable bonds is 10. The van der Waals surface area contributed by atoms with Crippen LogP contribution in [-0.2, 0) is 19.0 Å². The standard InChI is InChI=1S/C18H18O2S.2C15H11ClO2.C2H7NS/c19-18(10-5-11-21)20-12-17-15-8-3-1-6-13(15)14-7-2-4-9-16(14)17;2*16-15(17)18-9-14-12-7-3-1-5-10(12)11-6-2-4-8-13(11)14;3-1-2-4/h1-4,6-9,17,21H,5,10-12H2;2*1-8,14H,9H2;4H,1-3H2. The molecule has 0 saturated carbocycles. The van der Waals surface area contributed by atoms with Gasteiger partial charge in [0.1, 0.15) is 19.8 Å². The minimum absolute atomic E-state index is 0.0834. The zero-order valence-corrected chi connectivity index (χ0v) is 36.7. The second-order valence-electron chi connectivity index (χ2n) is 14.3. The Morgan fingerprint density at radius 1 is 0.443 bits per heavy atom. The molecule has 0 atom stereocenters. The van der Waals surface area contributed by atoms with Crippen molar-refractivity contribution in [3.63, 3.8) is 0 Å². The lowest BCUT2D eigenvalue weighted by Gasteiger charge is -2.14. The fraction of sp³-hybridized carbons (Fsp3) is 0.220.